The summed E-state index contributed by atoms with van der Waals surface area (Å²) in [5.74, 6) is 0. The third kappa shape index (κ3) is 2.56. The fourth-order valence-electron chi connectivity index (χ4n) is 1.27. The van der Waals surface area contributed by atoms with Crippen molar-refractivity contribution in [2.24, 2.45) is 0 Å². The van der Waals surface area contributed by atoms with Crippen LogP contribution in [0.4, 0.5) is 13.2 Å². The Kier molecular flexibility index (Phi) is 2.58. The van der Waals surface area contributed by atoms with E-state index in [0.29, 0.717) is 12.8 Å². The number of rotatable bonds is 0. The second kappa shape index (κ2) is 3.28. The van der Waals surface area contributed by atoms with Crippen molar-refractivity contribution in [1.82, 2.24) is 0 Å². The summed E-state index contributed by atoms with van der Waals surface area (Å²) in [7, 11) is 0. The Balaban J connectivity index is 2.61. The van der Waals surface area contributed by atoms with Crippen LogP contribution in [-0.2, 0) is 0 Å². The maximum absolute atomic E-state index is 12.1. The lowest BCUT2D eigenvalue weighted by molar-refractivity contribution is -0.0941. The van der Waals surface area contributed by atoms with Crippen LogP contribution in [0.3, 0.4) is 0 Å². The molecular weight excluding hydrogens is 153 g/mol. The van der Waals surface area contributed by atoms with Gasteiger partial charge in [-0.2, -0.15) is 13.2 Å². The van der Waals surface area contributed by atoms with Crippen molar-refractivity contribution in [2.45, 2.75) is 38.3 Å². The molecule has 1 rings (SSSR count). The van der Waals surface area contributed by atoms with Crippen molar-refractivity contribution in [3.63, 3.8) is 0 Å². The molecule has 0 aliphatic heterocycles. The smallest absolute Gasteiger partial charge is 0.166 e. The van der Waals surface area contributed by atoms with Gasteiger partial charge in [-0.05, 0) is 25.7 Å². The molecule has 3 heteroatoms. The van der Waals surface area contributed by atoms with Crippen molar-refractivity contribution in [1.29, 1.82) is 0 Å². The zero-order valence-corrected chi connectivity index (χ0v) is 6.25. The molecule has 1 aliphatic carbocycles. The number of halogens is 3. The zero-order valence-electron chi connectivity index (χ0n) is 6.25. The number of allylic oxidation sites excluding steroid dienone is 2. The lowest BCUT2D eigenvalue weighted by atomic mass is 10.1. The van der Waals surface area contributed by atoms with Gasteiger partial charge in [0.25, 0.3) is 0 Å². The summed E-state index contributed by atoms with van der Waals surface area (Å²) in [6.45, 7) is 0. The van der Waals surface area contributed by atoms with Crippen LogP contribution in [0.5, 0.6) is 0 Å². The SMILES string of the molecule is FC(F)(F)C1=CCCCCC1. The van der Waals surface area contributed by atoms with Gasteiger partial charge in [0.15, 0.2) is 0 Å². The molecule has 0 aromatic heterocycles. The third-order valence-corrected chi connectivity index (χ3v) is 1.91. The molecule has 0 bridgehead atoms. The molecule has 0 spiro atoms. The Morgan fingerprint density at radius 2 is 1.82 bits per heavy atom. The minimum atomic E-state index is -4.08. The highest BCUT2D eigenvalue weighted by molar-refractivity contribution is 5.09. The van der Waals surface area contributed by atoms with Gasteiger partial charge < -0.3 is 0 Å². The molecule has 1 aliphatic rings. The Hall–Kier alpha value is -0.470. The van der Waals surface area contributed by atoms with Gasteiger partial charge in [0.1, 0.15) is 0 Å². The molecule has 0 saturated carbocycles. The van der Waals surface area contributed by atoms with Crippen molar-refractivity contribution >= 4 is 0 Å². The van der Waals surface area contributed by atoms with E-state index in [4.69, 9.17) is 0 Å². The van der Waals surface area contributed by atoms with Crippen LogP contribution in [0, 0.1) is 0 Å². The van der Waals surface area contributed by atoms with Crippen LogP contribution in [0.2, 0.25) is 0 Å². The Morgan fingerprint density at radius 1 is 1.09 bits per heavy atom. The summed E-state index contributed by atoms with van der Waals surface area (Å²) >= 11 is 0. The molecule has 11 heavy (non-hydrogen) atoms. The quantitative estimate of drug-likeness (QED) is 0.481. The summed E-state index contributed by atoms with van der Waals surface area (Å²) in [6.07, 6.45) is 0.580. The van der Waals surface area contributed by atoms with Gasteiger partial charge >= 0.3 is 6.18 Å². The summed E-state index contributed by atoms with van der Waals surface area (Å²) in [4.78, 5) is 0. The molecule has 0 amide bonds. The lowest BCUT2D eigenvalue weighted by Gasteiger charge is -2.08. The van der Waals surface area contributed by atoms with Gasteiger partial charge in [0, 0.05) is 5.57 Å². The van der Waals surface area contributed by atoms with Crippen molar-refractivity contribution in [3.05, 3.63) is 11.6 Å². The molecule has 0 saturated heterocycles. The molecular formula is C8H11F3. The van der Waals surface area contributed by atoms with Gasteiger partial charge in [0.05, 0.1) is 0 Å². The van der Waals surface area contributed by atoms with Crippen LogP contribution < -0.4 is 0 Å². The van der Waals surface area contributed by atoms with Crippen molar-refractivity contribution < 1.29 is 13.2 Å². The topological polar surface area (TPSA) is 0 Å². The Labute approximate surface area is 64.1 Å². The average Bonchev–Trinajstić information content (AvgIpc) is 2.10. The Morgan fingerprint density at radius 3 is 2.45 bits per heavy atom. The van der Waals surface area contributed by atoms with Crippen LogP contribution in [-0.4, -0.2) is 6.18 Å². The van der Waals surface area contributed by atoms with Crippen molar-refractivity contribution in [3.8, 4) is 0 Å². The van der Waals surface area contributed by atoms with E-state index in [1.54, 1.807) is 0 Å². The summed E-state index contributed by atoms with van der Waals surface area (Å²) < 4.78 is 36.2. The second-order valence-electron chi connectivity index (χ2n) is 2.83. The molecule has 0 unspecified atom stereocenters. The van der Waals surface area contributed by atoms with E-state index in [1.807, 2.05) is 0 Å². The average molecular weight is 164 g/mol. The molecule has 0 radical (unpaired) electrons. The highest BCUT2D eigenvalue weighted by atomic mass is 19.4. The first-order valence-corrected chi connectivity index (χ1v) is 3.87. The summed E-state index contributed by atoms with van der Waals surface area (Å²) in [5.41, 5.74) is -0.324. The summed E-state index contributed by atoms with van der Waals surface area (Å²) in [5, 5.41) is 0. The molecule has 0 heterocycles. The van der Waals surface area contributed by atoms with E-state index in [1.165, 1.54) is 6.08 Å². The van der Waals surface area contributed by atoms with Gasteiger partial charge in [-0.3, -0.25) is 0 Å². The highest BCUT2D eigenvalue weighted by Crippen LogP contribution is 2.31. The van der Waals surface area contributed by atoms with E-state index in [-0.39, 0.29) is 12.0 Å². The molecule has 0 N–H and O–H groups in total. The first-order valence-electron chi connectivity index (χ1n) is 3.87. The lowest BCUT2D eigenvalue weighted by Crippen LogP contribution is -2.11. The van der Waals surface area contributed by atoms with Gasteiger partial charge in [-0.1, -0.05) is 12.5 Å². The van der Waals surface area contributed by atoms with Crippen molar-refractivity contribution in [2.75, 3.05) is 0 Å². The van der Waals surface area contributed by atoms with E-state index in [9.17, 15) is 13.2 Å². The first kappa shape index (κ1) is 8.62. The van der Waals surface area contributed by atoms with E-state index in [0.717, 1.165) is 12.8 Å². The van der Waals surface area contributed by atoms with E-state index >= 15 is 0 Å². The minimum absolute atomic E-state index is 0.212. The van der Waals surface area contributed by atoms with Crippen LogP contribution in [0.25, 0.3) is 0 Å². The minimum Gasteiger partial charge on any atom is -0.166 e. The van der Waals surface area contributed by atoms with Gasteiger partial charge in [-0.25, -0.2) is 0 Å². The highest BCUT2D eigenvalue weighted by Gasteiger charge is 2.32. The standard InChI is InChI=1S/C8H11F3/c9-8(10,11)7-5-3-1-2-4-6-7/h5H,1-4,6H2. The number of alkyl halides is 3. The van der Waals surface area contributed by atoms with Crippen LogP contribution >= 0.6 is 0 Å². The van der Waals surface area contributed by atoms with Gasteiger partial charge in [0.2, 0.25) is 0 Å². The maximum Gasteiger partial charge on any atom is 0.412 e. The number of hydrogen-bond donors (Lipinski definition) is 0. The number of hydrogen-bond acceptors (Lipinski definition) is 0. The monoisotopic (exact) mass is 164 g/mol. The first-order chi connectivity index (χ1) is 5.11. The van der Waals surface area contributed by atoms with Gasteiger partial charge in [-0.15, -0.1) is 0 Å². The zero-order chi connectivity index (χ0) is 8.32. The summed E-state index contributed by atoms with van der Waals surface area (Å²) in [6, 6.07) is 0. The molecule has 0 atom stereocenters. The second-order valence-corrected chi connectivity index (χ2v) is 2.83. The van der Waals surface area contributed by atoms with Crippen LogP contribution in [0.15, 0.2) is 11.6 Å². The predicted molar refractivity (Wildman–Crippen MR) is 37.2 cm³/mol. The van der Waals surface area contributed by atoms with E-state index in [2.05, 4.69) is 0 Å². The Bertz CT molecular complexity index is 155. The molecule has 64 valence electrons. The molecule has 0 aromatic carbocycles. The molecule has 0 fully saturated rings. The fourth-order valence-corrected chi connectivity index (χ4v) is 1.27. The normalized spacial score (nSPS) is 20.8. The fraction of sp³-hybridized carbons (Fsp3) is 0.750. The van der Waals surface area contributed by atoms with Crippen LogP contribution in [0.1, 0.15) is 32.1 Å². The van der Waals surface area contributed by atoms with E-state index < -0.39 is 6.18 Å². The molecule has 0 aromatic rings. The molecule has 0 nitrogen and oxygen atoms in total. The largest absolute Gasteiger partial charge is 0.412 e. The third-order valence-electron chi connectivity index (χ3n) is 1.91. The maximum atomic E-state index is 12.1. The predicted octanol–water partition coefficient (Wildman–Crippen LogP) is 3.44.